The lowest BCUT2D eigenvalue weighted by Crippen LogP contribution is -1.99. The molecule has 0 aliphatic rings. The van der Waals surface area contributed by atoms with Crippen LogP contribution in [0.4, 0.5) is 5.69 Å². The molecule has 0 unspecified atom stereocenters. The number of carbonyl (C=O) groups excluding carboxylic acids is 1. The molecule has 0 radical (unpaired) electrons. The number of ketones is 1. The maximum Gasteiger partial charge on any atom is 0.166 e. The van der Waals surface area contributed by atoms with E-state index < -0.39 is 0 Å². The Balaban J connectivity index is 3.12. The van der Waals surface area contributed by atoms with Crippen molar-refractivity contribution in [2.24, 2.45) is 0 Å². The van der Waals surface area contributed by atoms with Gasteiger partial charge in [0.15, 0.2) is 5.78 Å². The minimum Gasteiger partial charge on any atom is -0.397 e. The average Bonchev–Trinajstić information content (AvgIpc) is 2.13. The van der Waals surface area contributed by atoms with Crippen LogP contribution in [-0.2, 0) is 0 Å². The van der Waals surface area contributed by atoms with Gasteiger partial charge in [-0.1, -0.05) is 6.08 Å². The average molecular weight is 319 g/mol. The SMILES string of the molecule is C=CCC(=O)c1cc(Br)c(N)c(Br)c1. The zero-order valence-corrected chi connectivity index (χ0v) is 10.6. The number of benzene rings is 1. The van der Waals surface area contributed by atoms with Gasteiger partial charge in [0.2, 0.25) is 0 Å². The highest BCUT2D eigenvalue weighted by atomic mass is 79.9. The molecule has 1 aromatic carbocycles. The van der Waals surface area contributed by atoms with E-state index in [-0.39, 0.29) is 5.78 Å². The van der Waals surface area contributed by atoms with E-state index >= 15 is 0 Å². The first-order chi connectivity index (χ1) is 6.56. The van der Waals surface area contributed by atoms with Crippen LogP contribution in [0.15, 0.2) is 33.7 Å². The normalized spacial score (nSPS) is 9.86. The first kappa shape index (κ1) is 11.5. The fourth-order valence-corrected chi connectivity index (χ4v) is 2.18. The second kappa shape index (κ2) is 4.75. The highest BCUT2D eigenvalue weighted by Gasteiger charge is 2.09. The van der Waals surface area contributed by atoms with Crippen LogP contribution >= 0.6 is 31.9 Å². The molecule has 0 amide bonds. The van der Waals surface area contributed by atoms with Crippen molar-refractivity contribution in [3.63, 3.8) is 0 Å². The number of Topliss-reactive ketones (excluding diaryl/α,β-unsaturated/α-hetero) is 1. The summed E-state index contributed by atoms with van der Waals surface area (Å²) in [7, 11) is 0. The Morgan fingerprint density at radius 2 is 1.93 bits per heavy atom. The van der Waals surface area contributed by atoms with E-state index in [2.05, 4.69) is 38.4 Å². The molecule has 4 heteroatoms. The molecule has 0 saturated carbocycles. The molecule has 0 aromatic heterocycles. The molecule has 2 nitrogen and oxygen atoms in total. The van der Waals surface area contributed by atoms with Crippen LogP contribution in [0.1, 0.15) is 16.8 Å². The number of allylic oxidation sites excluding steroid dienone is 1. The Kier molecular flexibility index (Phi) is 3.89. The van der Waals surface area contributed by atoms with Gasteiger partial charge in [-0.15, -0.1) is 6.58 Å². The largest absolute Gasteiger partial charge is 0.397 e. The molecule has 0 saturated heterocycles. The fraction of sp³-hybridized carbons (Fsp3) is 0.100. The summed E-state index contributed by atoms with van der Waals surface area (Å²) < 4.78 is 1.44. The minimum absolute atomic E-state index is 0.0291. The van der Waals surface area contributed by atoms with Crippen molar-refractivity contribution in [2.75, 3.05) is 5.73 Å². The predicted octanol–water partition coefficient (Wildman–Crippen LogP) is 3.55. The zero-order valence-electron chi connectivity index (χ0n) is 7.39. The summed E-state index contributed by atoms with van der Waals surface area (Å²) in [4.78, 5) is 11.5. The molecule has 0 aliphatic carbocycles. The van der Waals surface area contributed by atoms with Gasteiger partial charge < -0.3 is 5.73 Å². The van der Waals surface area contributed by atoms with E-state index in [4.69, 9.17) is 5.73 Å². The third-order valence-electron chi connectivity index (χ3n) is 1.73. The van der Waals surface area contributed by atoms with Crippen LogP contribution in [0.25, 0.3) is 0 Å². The number of halogens is 2. The number of hydrogen-bond donors (Lipinski definition) is 1. The number of nitrogen functional groups attached to an aromatic ring is 1. The van der Waals surface area contributed by atoms with Crippen molar-refractivity contribution in [1.82, 2.24) is 0 Å². The zero-order chi connectivity index (χ0) is 10.7. The summed E-state index contributed by atoms with van der Waals surface area (Å²) in [5.41, 5.74) is 6.92. The highest BCUT2D eigenvalue weighted by molar-refractivity contribution is 9.11. The van der Waals surface area contributed by atoms with Crippen LogP contribution in [0.2, 0.25) is 0 Å². The summed E-state index contributed by atoms with van der Waals surface area (Å²) in [6, 6.07) is 3.43. The third-order valence-corrected chi connectivity index (χ3v) is 3.04. The van der Waals surface area contributed by atoms with E-state index in [1.165, 1.54) is 0 Å². The standard InChI is InChI=1S/C10H9Br2NO/c1-2-3-9(14)6-4-7(11)10(13)8(12)5-6/h2,4-5H,1,3,13H2. The lowest BCUT2D eigenvalue weighted by molar-refractivity contribution is 0.0996. The maximum absolute atomic E-state index is 11.5. The van der Waals surface area contributed by atoms with Crippen molar-refractivity contribution in [3.05, 3.63) is 39.3 Å². The van der Waals surface area contributed by atoms with E-state index in [1.54, 1.807) is 18.2 Å². The van der Waals surface area contributed by atoms with Gasteiger partial charge in [0.1, 0.15) is 0 Å². The molecular weight excluding hydrogens is 310 g/mol. The third kappa shape index (κ3) is 2.45. The molecular formula is C10H9Br2NO. The fourth-order valence-electron chi connectivity index (χ4n) is 0.994. The molecule has 14 heavy (non-hydrogen) atoms. The second-order valence-corrected chi connectivity index (χ2v) is 4.48. The van der Waals surface area contributed by atoms with Crippen molar-refractivity contribution in [1.29, 1.82) is 0 Å². The first-order valence-electron chi connectivity index (χ1n) is 3.95. The summed E-state index contributed by atoms with van der Waals surface area (Å²) in [6.07, 6.45) is 1.92. The van der Waals surface area contributed by atoms with Crippen molar-refractivity contribution in [2.45, 2.75) is 6.42 Å². The van der Waals surface area contributed by atoms with Gasteiger partial charge in [-0.05, 0) is 44.0 Å². The maximum atomic E-state index is 11.5. The summed E-state index contributed by atoms with van der Waals surface area (Å²) >= 11 is 6.57. The summed E-state index contributed by atoms with van der Waals surface area (Å²) in [6.45, 7) is 3.52. The van der Waals surface area contributed by atoms with E-state index in [9.17, 15) is 4.79 Å². The van der Waals surface area contributed by atoms with E-state index in [1.807, 2.05) is 0 Å². The topological polar surface area (TPSA) is 43.1 Å². The monoisotopic (exact) mass is 317 g/mol. The van der Waals surface area contributed by atoms with Gasteiger partial charge in [-0.25, -0.2) is 0 Å². The number of anilines is 1. The number of rotatable bonds is 3. The van der Waals surface area contributed by atoms with Gasteiger partial charge in [0.25, 0.3) is 0 Å². The van der Waals surface area contributed by atoms with Crippen LogP contribution in [0.3, 0.4) is 0 Å². The molecule has 0 atom stereocenters. The van der Waals surface area contributed by atoms with Gasteiger partial charge in [0.05, 0.1) is 5.69 Å². The molecule has 74 valence electrons. The summed E-state index contributed by atoms with van der Waals surface area (Å²) in [5.74, 6) is 0.0291. The smallest absolute Gasteiger partial charge is 0.166 e. The molecule has 0 heterocycles. The second-order valence-electron chi connectivity index (χ2n) is 2.77. The Labute approximate surface area is 99.4 Å². The number of nitrogens with two attached hydrogens (primary N) is 1. The van der Waals surface area contributed by atoms with Crippen LogP contribution in [-0.4, -0.2) is 5.78 Å². The molecule has 0 aliphatic heterocycles. The van der Waals surface area contributed by atoms with Crippen LogP contribution in [0.5, 0.6) is 0 Å². The molecule has 1 rings (SSSR count). The van der Waals surface area contributed by atoms with Crippen molar-refractivity contribution < 1.29 is 4.79 Å². The Morgan fingerprint density at radius 1 is 1.43 bits per heavy atom. The van der Waals surface area contributed by atoms with Crippen molar-refractivity contribution in [3.8, 4) is 0 Å². The lowest BCUT2D eigenvalue weighted by atomic mass is 10.1. The Morgan fingerprint density at radius 3 is 2.36 bits per heavy atom. The Hall–Kier alpha value is -0.610. The predicted molar refractivity (Wildman–Crippen MR) is 65.4 cm³/mol. The van der Waals surface area contributed by atoms with Crippen LogP contribution in [0, 0.1) is 0 Å². The minimum atomic E-state index is 0.0291. The van der Waals surface area contributed by atoms with Crippen molar-refractivity contribution >= 4 is 43.3 Å². The van der Waals surface area contributed by atoms with E-state index in [0.29, 0.717) is 17.7 Å². The number of hydrogen-bond acceptors (Lipinski definition) is 2. The lowest BCUT2D eigenvalue weighted by Gasteiger charge is -2.04. The first-order valence-corrected chi connectivity index (χ1v) is 5.53. The quantitative estimate of drug-likeness (QED) is 0.526. The molecule has 1 aromatic rings. The Bertz CT molecular complexity index is 365. The van der Waals surface area contributed by atoms with Gasteiger partial charge in [-0.3, -0.25) is 4.79 Å². The molecule has 2 N–H and O–H groups in total. The van der Waals surface area contributed by atoms with Gasteiger partial charge in [-0.2, -0.15) is 0 Å². The highest BCUT2D eigenvalue weighted by Crippen LogP contribution is 2.29. The van der Waals surface area contributed by atoms with Gasteiger partial charge >= 0.3 is 0 Å². The molecule has 0 bridgehead atoms. The van der Waals surface area contributed by atoms with E-state index in [0.717, 1.165) is 8.95 Å². The molecule has 0 spiro atoms. The number of carbonyl (C=O) groups is 1. The van der Waals surface area contributed by atoms with Crippen LogP contribution < -0.4 is 5.73 Å². The van der Waals surface area contributed by atoms with Gasteiger partial charge in [0, 0.05) is 20.9 Å². The molecule has 0 fully saturated rings. The summed E-state index contributed by atoms with van der Waals surface area (Å²) in [5, 5.41) is 0.